The summed E-state index contributed by atoms with van der Waals surface area (Å²) in [7, 11) is 0. The predicted molar refractivity (Wildman–Crippen MR) is 85.9 cm³/mol. The summed E-state index contributed by atoms with van der Waals surface area (Å²) in [6.45, 7) is 6.74. The van der Waals surface area contributed by atoms with Crippen molar-refractivity contribution in [2.75, 3.05) is 0 Å². The van der Waals surface area contributed by atoms with Gasteiger partial charge in [0.25, 0.3) is 5.89 Å². The van der Waals surface area contributed by atoms with Crippen molar-refractivity contribution in [1.29, 1.82) is 0 Å². The maximum absolute atomic E-state index is 11.3. The molecule has 1 aromatic heterocycles. The van der Waals surface area contributed by atoms with E-state index in [9.17, 15) is 9.90 Å². The number of carbonyl (C=O) groups excluding carboxylic acids is 1. The average molecular weight is 338 g/mol. The fourth-order valence-corrected chi connectivity index (χ4v) is 2.56. The van der Waals surface area contributed by atoms with E-state index in [1.54, 1.807) is 38.1 Å². The van der Waals surface area contributed by atoms with Gasteiger partial charge in [-0.05, 0) is 38.0 Å². The van der Waals surface area contributed by atoms with E-state index in [4.69, 9.17) is 16.1 Å². The third-order valence-corrected chi connectivity index (χ3v) is 3.88. The van der Waals surface area contributed by atoms with Crippen LogP contribution in [0, 0.1) is 0 Å². The summed E-state index contributed by atoms with van der Waals surface area (Å²) in [6.07, 6.45) is 0.329. The quantitative estimate of drug-likeness (QED) is 0.875. The van der Waals surface area contributed by atoms with Gasteiger partial charge in [0.2, 0.25) is 5.91 Å². The third-order valence-electron chi connectivity index (χ3n) is 3.64. The number of hydrogen-bond donors (Lipinski definition) is 2. The van der Waals surface area contributed by atoms with Gasteiger partial charge < -0.3 is 14.9 Å². The SMILES string of the molecule is CCC(O)(c1cccc(Cl)c1)c1nc(C(C)(C)NC(C)=O)no1. The van der Waals surface area contributed by atoms with Crippen molar-refractivity contribution in [1.82, 2.24) is 15.5 Å². The van der Waals surface area contributed by atoms with Crippen LogP contribution in [0.2, 0.25) is 5.02 Å². The Kier molecular flexibility index (Phi) is 4.77. The minimum atomic E-state index is -1.44. The summed E-state index contributed by atoms with van der Waals surface area (Å²) < 4.78 is 5.28. The highest BCUT2D eigenvalue weighted by Crippen LogP contribution is 2.33. The lowest BCUT2D eigenvalue weighted by molar-refractivity contribution is -0.120. The number of amides is 1. The molecule has 0 aliphatic heterocycles. The molecule has 0 fully saturated rings. The van der Waals surface area contributed by atoms with E-state index in [2.05, 4.69) is 15.5 Å². The van der Waals surface area contributed by atoms with Crippen molar-refractivity contribution in [2.45, 2.75) is 45.3 Å². The van der Waals surface area contributed by atoms with Gasteiger partial charge in [-0.25, -0.2) is 0 Å². The van der Waals surface area contributed by atoms with Crippen molar-refractivity contribution in [3.63, 3.8) is 0 Å². The molecule has 124 valence electrons. The highest BCUT2D eigenvalue weighted by molar-refractivity contribution is 6.30. The molecule has 0 spiro atoms. The summed E-state index contributed by atoms with van der Waals surface area (Å²) in [4.78, 5) is 15.6. The topological polar surface area (TPSA) is 88.3 Å². The summed E-state index contributed by atoms with van der Waals surface area (Å²) >= 11 is 6.01. The fourth-order valence-electron chi connectivity index (χ4n) is 2.37. The molecule has 2 aromatic rings. The average Bonchev–Trinajstić information content (AvgIpc) is 2.96. The van der Waals surface area contributed by atoms with Gasteiger partial charge in [0, 0.05) is 11.9 Å². The molecule has 2 N–H and O–H groups in total. The van der Waals surface area contributed by atoms with Gasteiger partial charge in [0.1, 0.15) is 0 Å². The Bertz CT molecular complexity index is 714. The first kappa shape index (κ1) is 17.4. The van der Waals surface area contributed by atoms with Crippen LogP contribution in [-0.2, 0) is 15.9 Å². The first-order valence-electron chi connectivity index (χ1n) is 7.31. The summed E-state index contributed by atoms with van der Waals surface area (Å²) in [5, 5.41) is 18.2. The van der Waals surface area contributed by atoms with Crippen LogP contribution in [0.3, 0.4) is 0 Å². The van der Waals surface area contributed by atoms with Gasteiger partial charge >= 0.3 is 0 Å². The van der Waals surface area contributed by atoms with Gasteiger partial charge in [-0.1, -0.05) is 35.8 Å². The molecular formula is C16H20ClN3O3. The Balaban J connectivity index is 2.42. The number of aliphatic hydroxyl groups is 1. The lowest BCUT2D eigenvalue weighted by atomic mass is 9.91. The second kappa shape index (κ2) is 6.29. The molecule has 1 atom stereocenters. The minimum Gasteiger partial charge on any atom is -0.375 e. The van der Waals surface area contributed by atoms with Crippen LogP contribution < -0.4 is 5.32 Å². The van der Waals surface area contributed by atoms with Crippen LogP contribution in [0.15, 0.2) is 28.8 Å². The third kappa shape index (κ3) is 3.54. The minimum absolute atomic E-state index is 0.0655. The largest absolute Gasteiger partial charge is 0.375 e. The van der Waals surface area contributed by atoms with E-state index in [1.165, 1.54) is 6.92 Å². The van der Waals surface area contributed by atoms with E-state index in [-0.39, 0.29) is 17.6 Å². The molecule has 0 saturated carbocycles. The molecule has 1 heterocycles. The number of aromatic nitrogens is 2. The molecule has 0 bridgehead atoms. The first-order chi connectivity index (χ1) is 10.7. The summed E-state index contributed by atoms with van der Waals surface area (Å²) in [6, 6.07) is 6.88. The van der Waals surface area contributed by atoms with E-state index >= 15 is 0 Å². The Hall–Kier alpha value is -1.92. The zero-order valence-electron chi connectivity index (χ0n) is 13.6. The van der Waals surface area contributed by atoms with Crippen molar-refractivity contribution >= 4 is 17.5 Å². The lowest BCUT2D eigenvalue weighted by Crippen LogP contribution is -2.40. The molecular weight excluding hydrogens is 318 g/mol. The summed E-state index contributed by atoms with van der Waals surface area (Å²) in [5.74, 6) is 0.147. The second-order valence-corrected chi connectivity index (χ2v) is 6.39. The van der Waals surface area contributed by atoms with Gasteiger partial charge in [-0.15, -0.1) is 0 Å². The number of hydrogen-bond acceptors (Lipinski definition) is 5. The van der Waals surface area contributed by atoms with Gasteiger partial charge in [0.05, 0.1) is 5.54 Å². The smallest absolute Gasteiger partial charge is 0.263 e. The molecule has 6 nitrogen and oxygen atoms in total. The first-order valence-corrected chi connectivity index (χ1v) is 7.68. The Morgan fingerprint density at radius 3 is 2.70 bits per heavy atom. The van der Waals surface area contributed by atoms with Crippen molar-refractivity contribution in [3.05, 3.63) is 46.6 Å². The van der Waals surface area contributed by atoms with Crippen LogP contribution >= 0.6 is 11.6 Å². The predicted octanol–water partition coefficient (Wildman–Crippen LogP) is 2.74. The maximum atomic E-state index is 11.3. The molecule has 1 aromatic carbocycles. The number of benzene rings is 1. The van der Waals surface area contributed by atoms with Crippen molar-refractivity contribution < 1.29 is 14.4 Å². The Morgan fingerprint density at radius 1 is 1.43 bits per heavy atom. The normalized spacial score (nSPS) is 14.3. The van der Waals surface area contributed by atoms with Crippen molar-refractivity contribution in [2.24, 2.45) is 0 Å². The number of carbonyl (C=O) groups is 1. The highest BCUT2D eigenvalue weighted by Gasteiger charge is 2.38. The van der Waals surface area contributed by atoms with Crippen LogP contribution in [0.4, 0.5) is 0 Å². The van der Waals surface area contributed by atoms with E-state index < -0.39 is 11.1 Å². The van der Waals surface area contributed by atoms with Crippen LogP contribution in [0.1, 0.15) is 51.4 Å². The van der Waals surface area contributed by atoms with E-state index in [0.717, 1.165) is 0 Å². The molecule has 0 saturated heterocycles. The standard InChI is InChI=1S/C16H20ClN3O3/c1-5-16(22,11-7-6-8-12(17)9-11)14-18-13(20-23-14)15(3,4)19-10(2)21/h6-9,22H,5H2,1-4H3,(H,19,21). The molecule has 1 amide bonds. The Morgan fingerprint density at radius 2 is 2.13 bits per heavy atom. The van der Waals surface area contributed by atoms with Crippen LogP contribution in [0.5, 0.6) is 0 Å². The monoisotopic (exact) mass is 337 g/mol. The van der Waals surface area contributed by atoms with Gasteiger partial charge in [-0.3, -0.25) is 4.79 Å². The van der Waals surface area contributed by atoms with E-state index in [1.807, 2.05) is 6.92 Å². The molecule has 0 radical (unpaired) electrons. The van der Waals surface area contributed by atoms with Crippen LogP contribution in [0.25, 0.3) is 0 Å². The Labute approximate surface area is 139 Å². The molecule has 1 unspecified atom stereocenters. The van der Waals surface area contributed by atoms with E-state index in [0.29, 0.717) is 17.0 Å². The molecule has 0 aliphatic carbocycles. The molecule has 7 heteroatoms. The zero-order valence-corrected chi connectivity index (χ0v) is 14.3. The lowest BCUT2D eigenvalue weighted by Gasteiger charge is -2.24. The maximum Gasteiger partial charge on any atom is 0.263 e. The van der Waals surface area contributed by atoms with Crippen molar-refractivity contribution in [3.8, 4) is 0 Å². The fraction of sp³-hybridized carbons (Fsp3) is 0.438. The second-order valence-electron chi connectivity index (χ2n) is 5.95. The molecule has 0 aliphatic rings. The van der Waals surface area contributed by atoms with Crippen LogP contribution in [-0.4, -0.2) is 21.2 Å². The number of rotatable bonds is 5. The number of halogens is 1. The van der Waals surface area contributed by atoms with Gasteiger partial charge in [-0.2, -0.15) is 4.98 Å². The van der Waals surface area contributed by atoms with Gasteiger partial charge in [0.15, 0.2) is 11.4 Å². The zero-order chi connectivity index (χ0) is 17.3. The number of nitrogens with one attached hydrogen (secondary N) is 1. The molecule has 23 heavy (non-hydrogen) atoms. The summed E-state index contributed by atoms with van der Waals surface area (Å²) in [5.41, 5.74) is -1.68. The molecule has 2 rings (SSSR count). The number of nitrogens with zero attached hydrogens (tertiary/aromatic N) is 2. The highest BCUT2D eigenvalue weighted by atomic mass is 35.5.